The van der Waals surface area contributed by atoms with Gasteiger partial charge in [0.05, 0.1) is 0 Å². The fourth-order valence-corrected chi connectivity index (χ4v) is 3.41. The quantitative estimate of drug-likeness (QED) is 0.785. The molecule has 0 aromatic carbocycles. The Morgan fingerprint density at radius 1 is 1.25 bits per heavy atom. The van der Waals surface area contributed by atoms with Gasteiger partial charge < -0.3 is 10.2 Å². The first-order valence-corrected chi connectivity index (χ1v) is 7.13. The highest BCUT2D eigenvalue weighted by atomic mass is 15.1. The van der Waals surface area contributed by atoms with Crippen LogP contribution in [0.2, 0.25) is 0 Å². The fourth-order valence-electron chi connectivity index (χ4n) is 3.41. The van der Waals surface area contributed by atoms with E-state index in [1.165, 1.54) is 51.6 Å². The molecule has 0 bridgehead atoms. The van der Waals surface area contributed by atoms with Crippen molar-refractivity contribution in [2.24, 2.45) is 11.3 Å². The first-order valence-electron chi connectivity index (χ1n) is 7.13. The first-order chi connectivity index (χ1) is 7.70. The van der Waals surface area contributed by atoms with Gasteiger partial charge in [0.15, 0.2) is 0 Å². The lowest BCUT2D eigenvalue weighted by Crippen LogP contribution is -2.47. The number of nitrogens with zero attached hydrogens (tertiary/aromatic N) is 1. The van der Waals surface area contributed by atoms with E-state index in [1.807, 2.05) is 0 Å². The van der Waals surface area contributed by atoms with Crippen molar-refractivity contribution in [3.8, 4) is 0 Å². The highest BCUT2D eigenvalue weighted by Gasteiger charge is 2.53. The second kappa shape index (κ2) is 3.99. The molecule has 0 amide bonds. The van der Waals surface area contributed by atoms with Crippen molar-refractivity contribution in [3.63, 3.8) is 0 Å². The Morgan fingerprint density at radius 2 is 2.00 bits per heavy atom. The molecule has 0 radical (unpaired) electrons. The van der Waals surface area contributed by atoms with Crippen LogP contribution in [0.25, 0.3) is 0 Å². The lowest BCUT2D eigenvalue weighted by atomic mass is 9.96. The summed E-state index contributed by atoms with van der Waals surface area (Å²) in [5, 5.41) is 3.87. The zero-order chi connectivity index (χ0) is 11.2. The summed E-state index contributed by atoms with van der Waals surface area (Å²) >= 11 is 0. The summed E-state index contributed by atoms with van der Waals surface area (Å²) in [6, 6.07) is 1.56. The zero-order valence-corrected chi connectivity index (χ0v) is 10.8. The minimum Gasteiger partial charge on any atom is -0.313 e. The smallest absolute Gasteiger partial charge is 0.00942 e. The molecule has 1 aliphatic heterocycles. The second-order valence-corrected chi connectivity index (χ2v) is 6.57. The SMILES string of the molecule is CC1CC(NCC2(C3CC3)CC2)CCN1C. The van der Waals surface area contributed by atoms with Crippen LogP contribution in [-0.4, -0.2) is 37.1 Å². The Morgan fingerprint density at radius 3 is 2.56 bits per heavy atom. The van der Waals surface area contributed by atoms with Crippen molar-refractivity contribution < 1.29 is 0 Å². The second-order valence-electron chi connectivity index (χ2n) is 6.57. The van der Waals surface area contributed by atoms with Crippen molar-refractivity contribution in [1.29, 1.82) is 0 Å². The number of hydrogen-bond acceptors (Lipinski definition) is 2. The van der Waals surface area contributed by atoms with Crippen LogP contribution >= 0.6 is 0 Å². The van der Waals surface area contributed by atoms with Gasteiger partial charge >= 0.3 is 0 Å². The monoisotopic (exact) mass is 222 g/mol. The molecule has 2 heteroatoms. The largest absolute Gasteiger partial charge is 0.313 e. The van der Waals surface area contributed by atoms with Crippen molar-refractivity contribution in [2.75, 3.05) is 20.1 Å². The normalized spacial score (nSPS) is 38.6. The highest BCUT2D eigenvalue weighted by molar-refractivity contribution is 5.05. The maximum Gasteiger partial charge on any atom is 0.00942 e. The van der Waals surface area contributed by atoms with Gasteiger partial charge in [-0.2, -0.15) is 0 Å². The van der Waals surface area contributed by atoms with Crippen LogP contribution in [0.4, 0.5) is 0 Å². The minimum absolute atomic E-state index is 0.766. The van der Waals surface area contributed by atoms with Crippen molar-refractivity contribution in [3.05, 3.63) is 0 Å². The number of likely N-dealkylation sites (tertiary alicyclic amines) is 1. The van der Waals surface area contributed by atoms with Gasteiger partial charge in [0.2, 0.25) is 0 Å². The Hall–Kier alpha value is -0.0800. The molecule has 3 rings (SSSR count). The van der Waals surface area contributed by atoms with E-state index in [4.69, 9.17) is 0 Å². The molecule has 1 N–H and O–H groups in total. The third-order valence-corrected chi connectivity index (χ3v) is 5.29. The van der Waals surface area contributed by atoms with Crippen LogP contribution < -0.4 is 5.32 Å². The molecule has 1 heterocycles. The van der Waals surface area contributed by atoms with E-state index in [0.717, 1.165) is 23.4 Å². The molecule has 2 saturated carbocycles. The number of nitrogens with one attached hydrogen (secondary N) is 1. The predicted octanol–water partition coefficient (Wildman–Crippen LogP) is 2.25. The molecule has 2 atom stereocenters. The molecule has 1 saturated heterocycles. The number of piperidine rings is 1. The van der Waals surface area contributed by atoms with Crippen LogP contribution in [0, 0.1) is 11.3 Å². The summed E-state index contributed by atoms with van der Waals surface area (Å²) in [7, 11) is 2.26. The average Bonchev–Trinajstić information content (AvgIpc) is 3.13. The molecule has 16 heavy (non-hydrogen) atoms. The topological polar surface area (TPSA) is 15.3 Å². The van der Waals surface area contributed by atoms with Gasteiger partial charge in [-0.1, -0.05) is 0 Å². The molecule has 3 aliphatic rings. The molecule has 0 aromatic heterocycles. The summed E-state index contributed by atoms with van der Waals surface area (Å²) in [6.45, 7) is 4.95. The molecular formula is C14H26N2. The van der Waals surface area contributed by atoms with Crippen molar-refractivity contribution in [2.45, 2.75) is 57.5 Å². The third-order valence-electron chi connectivity index (χ3n) is 5.29. The third kappa shape index (κ3) is 2.14. The zero-order valence-electron chi connectivity index (χ0n) is 10.8. The van der Waals surface area contributed by atoms with E-state index in [1.54, 1.807) is 0 Å². The van der Waals surface area contributed by atoms with Crippen LogP contribution in [0.5, 0.6) is 0 Å². The lowest BCUT2D eigenvalue weighted by molar-refractivity contribution is 0.163. The van der Waals surface area contributed by atoms with Gasteiger partial charge in [0, 0.05) is 18.6 Å². The van der Waals surface area contributed by atoms with Crippen LogP contribution in [0.1, 0.15) is 45.4 Å². The highest BCUT2D eigenvalue weighted by Crippen LogP contribution is 2.60. The first kappa shape index (κ1) is 11.0. The van der Waals surface area contributed by atoms with E-state index >= 15 is 0 Å². The minimum atomic E-state index is 0.766. The van der Waals surface area contributed by atoms with Gasteiger partial charge in [0.25, 0.3) is 0 Å². The van der Waals surface area contributed by atoms with E-state index in [2.05, 4.69) is 24.2 Å². The summed E-state index contributed by atoms with van der Waals surface area (Å²) in [5.41, 5.74) is 0.770. The van der Waals surface area contributed by atoms with E-state index in [0.29, 0.717) is 0 Å². The number of hydrogen-bond donors (Lipinski definition) is 1. The van der Waals surface area contributed by atoms with Gasteiger partial charge in [0.1, 0.15) is 0 Å². The molecule has 2 aliphatic carbocycles. The molecule has 92 valence electrons. The Labute approximate surface area is 99.8 Å². The van der Waals surface area contributed by atoms with Gasteiger partial charge in [-0.15, -0.1) is 0 Å². The molecule has 0 spiro atoms. The summed E-state index contributed by atoms with van der Waals surface area (Å²) < 4.78 is 0. The van der Waals surface area contributed by atoms with Crippen LogP contribution in [0.15, 0.2) is 0 Å². The van der Waals surface area contributed by atoms with Gasteiger partial charge in [-0.25, -0.2) is 0 Å². The Kier molecular flexibility index (Phi) is 2.75. The molecule has 2 nitrogen and oxygen atoms in total. The number of rotatable bonds is 4. The van der Waals surface area contributed by atoms with Crippen molar-refractivity contribution in [1.82, 2.24) is 10.2 Å². The standard InChI is InChI=1S/C14H26N2/c1-11-9-13(5-8-16(11)2)15-10-14(6-7-14)12-3-4-12/h11-13,15H,3-10H2,1-2H3. The molecule has 0 aromatic rings. The molecule has 2 unspecified atom stereocenters. The maximum absolute atomic E-state index is 3.87. The molecule has 3 fully saturated rings. The fraction of sp³-hybridized carbons (Fsp3) is 1.00. The Bertz CT molecular complexity index is 255. The van der Waals surface area contributed by atoms with E-state index in [-0.39, 0.29) is 0 Å². The summed E-state index contributed by atoms with van der Waals surface area (Å²) in [5.74, 6) is 1.10. The van der Waals surface area contributed by atoms with Crippen LogP contribution in [-0.2, 0) is 0 Å². The van der Waals surface area contributed by atoms with Crippen LogP contribution in [0.3, 0.4) is 0 Å². The predicted molar refractivity (Wildman–Crippen MR) is 67.5 cm³/mol. The summed E-state index contributed by atoms with van der Waals surface area (Å²) in [4.78, 5) is 2.49. The van der Waals surface area contributed by atoms with Crippen molar-refractivity contribution >= 4 is 0 Å². The molecular weight excluding hydrogens is 196 g/mol. The van der Waals surface area contributed by atoms with E-state index in [9.17, 15) is 0 Å². The maximum atomic E-state index is 3.87. The van der Waals surface area contributed by atoms with Gasteiger partial charge in [-0.3, -0.25) is 0 Å². The lowest BCUT2D eigenvalue weighted by Gasteiger charge is -2.36. The average molecular weight is 222 g/mol. The Balaban J connectivity index is 1.45. The van der Waals surface area contributed by atoms with E-state index < -0.39 is 0 Å². The van der Waals surface area contributed by atoms with Gasteiger partial charge in [-0.05, 0) is 70.4 Å². The summed E-state index contributed by atoms with van der Waals surface area (Å²) in [6.07, 6.45) is 8.75.